The van der Waals surface area contributed by atoms with E-state index >= 15 is 0 Å². The topological polar surface area (TPSA) is 105 Å². The van der Waals surface area contributed by atoms with Crippen LogP contribution in [0.1, 0.15) is 35.8 Å². The molecule has 0 atom stereocenters. The molecular weight excluding hydrogens is 359 g/mol. The molecule has 2 aliphatic heterocycles. The van der Waals surface area contributed by atoms with Crippen LogP contribution in [0.2, 0.25) is 0 Å². The number of amides is 1. The summed E-state index contributed by atoms with van der Waals surface area (Å²) >= 11 is 0. The van der Waals surface area contributed by atoms with E-state index in [2.05, 4.69) is 10.5 Å². The summed E-state index contributed by atoms with van der Waals surface area (Å²) in [7, 11) is 0. The smallest absolute Gasteiger partial charge is 0.475 e. The van der Waals surface area contributed by atoms with Crippen molar-refractivity contribution in [2.75, 3.05) is 32.8 Å². The van der Waals surface area contributed by atoms with Gasteiger partial charge in [-0.3, -0.25) is 4.79 Å². The number of alkyl halides is 3. The molecular formula is C15H20F3N3O5. The summed E-state index contributed by atoms with van der Waals surface area (Å²) in [5.41, 5.74) is 1.14. The molecule has 1 amide bonds. The molecule has 2 saturated heterocycles. The quantitative estimate of drug-likeness (QED) is 0.797. The van der Waals surface area contributed by atoms with Crippen molar-refractivity contribution < 1.29 is 37.1 Å². The molecule has 3 heterocycles. The van der Waals surface area contributed by atoms with Crippen LogP contribution in [0.25, 0.3) is 0 Å². The van der Waals surface area contributed by atoms with Gasteiger partial charge in [0.2, 0.25) is 0 Å². The van der Waals surface area contributed by atoms with Gasteiger partial charge >= 0.3 is 12.1 Å². The van der Waals surface area contributed by atoms with Crippen molar-refractivity contribution in [2.24, 2.45) is 0 Å². The average Bonchev–Trinajstić information content (AvgIpc) is 3.02. The number of ether oxygens (including phenoxy) is 1. The first kappa shape index (κ1) is 20.2. The van der Waals surface area contributed by atoms with E-state index in [-0.39, 0.29) is 17.4 Å². The molecule has 0 unspecified atom stereocenters. The fourth-order valence-electron chi connectivity index (χ4n) is 2.63. The first-order valence-electron chi connectivity index (χ1n) is 7.94. The van der Waals surface area contributed by atoms with Crippen molar-refractivity contribution in [1.82, 2.24) is 15.4 Å². The number of carboxylic acid groups (broad SMARTS) is 1. The van der Waals surface area contributed by atoms with Crippen LogP contribution in [-0.4, -0.2) is 71.6 Å². The van der Waals surface area contributed by atoms with Gasteiger partial charge in [-0.05, 0) is 5.92 Å². The van der Waals surface area contributed by atoms with Crippen molar-refractivity contribution in [3.63, 3.8) is 0 Å². The molecule has 0 aliphatic carbocycles. The fourth-order valence-corrected chi connectivity index (χ4v) is 2.63. The number of halogens is 3. The number of carbonyl (C=O) groups is 2. The predicted octanol–water partition coefficient (Wildman–Crippen LogP) is 1.25. The molecule has 0 bridgehead atoms. The summed E-state index contributed by atoms with van der Waals surface area (Å²) in [5, 5.41) is 14.3. The van der Waals surface area contributed by atoms with Gasteiger partial charge in [-0.15, -0.1) is 0 Å². The van der Waals surface area contributed by atoms with Crippen LogP contribution >= 0.6 is 0 Å². The molecule has 0 saturated carbocycles. The summed E-state index contributed by atoms with van der Waals surface area (Å²) in [5.74, 6) is -2.58. The summed E-state index contributed by atoms with van der Waals surface area (Å²) in [6.07, 6.45) is -3.63. The largest absolute Gasteiger partial charge is 0.490 e. The van der Waals surface area contributed by atoms with Crippen LogP contribution in [0, 0.1) is 0 Å². The Morgan fingerprint density at radius 1 is 1.38 bits per heavy atom. The minimum absolute atomic E-state index is 0.000440. The lowest BCUT2D eigenvalue weighted by molar-refractivity contribution is -0.192. The van der Waals surface area contributed by atoms with Gasteiger partial charge in [0.25, 0.3) is 5.91 Å². The van der Waals surface area contributed by atoms with Gasteiger partial charge in [-0.25, -0.2) is 4.79 Å². The lowest BCUT2D eigenvalue weighted by atomic mass is 9.94. The molecule has 26 heavy (non-hydrogen) atoms. The third kappa shape index (κ3) is 4.52. The van der Waals surface area contributed by atoms with Crippen LogP contribution < -0.4 is 5.32 Å². The second kappa shape index (κ2) is 7.62. The third-order valence-corrected chi connectivity index (χ3v) is 4.05. The Labute approximate surface area is 147 Å². The SMILES string of the molecule is CC(C)c1nocc1C(=O)N1CCOC2(CNC2)C1.O=C(O)C(F)(F)F. The first-order valence-corrected chi connectivity index (χ1v) is 7.94. The highest BCUT2D eigenvalue weighted by molar-refractivity contribution is 5.95. The number of hydrogen-bond acceptors (Lipinski definition) is 6. The Bertz CT molecular complexity index is 655. The van der Waals surface area contributed by atoms with Gasteiger partial charge in [-0.1, -0.05) is 19.0 Å². The van der Waals surface area contributed by atoms with Crippen molar-refractivity contribution >= 4 is 11.9 Å². The molecule has 0 aromatic carbocycles. The predicted molar refractivity (Wildman–Crippen MR) is 81.7 cm³/mol. The Kier molecular flexibility index (Phi) is 5.91. The van der Waals surface area contributed by atoms with Crippen LogP contribution in [0.3, 0.4) is 0 Å². The Balaban J connectivity index is 0.000000298. The van der Waals surface area contributed by atoms with E-state index in [9.17, 15) is 18.0 Å². The number of morpholine rings is 1. The summed E-state index contributed by atoms with van der Waals surface area (Å²) in [6, 6.07) is 0. The van der Waals surface area contributed by atoms with Gasteiger partial charge in [0.1, 0.15) is 17.4 Å². The van der Waals surface area contributed by atoms with Crippen molar-refractivity contribution in [2.45, 2.75) is 31.5 Å². The maximum Gasteiger partial charge on any atom is 0.490 e. The van der Waals surface area contributed by atoms with Gasteiger partial charge in [0.05, 0.1) is 18.8 Å². The Hall–Kier alpha value is -2.14. The molecule has 2 fully saturated rings. The highest BCUT2D eigenvalue weighted by Crippen LogP contribution is 2.25. The highest BCUT2D eigenvalue weighted by atomic mass is 19.4. The van der Waals surface area contributed by atoms with Crippen LogP contribution in [0.5, 0.6) is 0 Å². The Morgan fingerprint density at radius 2 is 2.00 bits per heavy atom. The van der Waals surface area contributed by atoms with Crippen molar-refractivity contribution in [1.29, 1.82) is 0 Å². The molecule has 1 aromatic rings. The van der Waals surface area contributed by atoms with Gasteiger partial charge in [0.15, 0.2) is 0 Å². The zero-order valence-electron chi connectivity index (χ0n) is 14.3. The summed E-state index contributed by atoms with van der Waals surface area (Å²) in [4.78, 5) is 23.3. The molecule has 1 aromatic heterocycles. The minimum atomic E-state index is -5.08. The van der Waals surface area contributed by atoms with E-state index in [4.69, 9.17) is 19.2 Å². The van der Waals surface area contributed by atoms with E-state index in [0.29, 0.717) is 25.3 Å². The lowest BCUT2D eigenvalue weighted by Gasteiger charge is -2.48. The first-order chi connectivity index (χ1) is 12.1. The number of hydrogen-bond donors (Lipinski definition) is 2. The molecule has 2 aliphatic rings. The highest BCUT2D eigenvalue weighted by Gasteiger charge is 2.44. The second-order valence-electron chi connectivity index (χ2n) is 6.43. The lowest BCUT2D eigenvalue weighted by Crippen LogP contribution is -2.69. The van der Waals surface area contributed by atoms with E-state index in [0.717, 1.165) is 18.8 Å². The molecule has 8 nitrogen and oxygen atoms in total. The zero-order valence-corrected chi connectivity index (χ0v) is 14.3. The normalized spacial score (nSPS) is 18.9. The minimum Gasteiger partial charge on any atom is -0.475 e. The molecule has 0 radical (unpaired) electrons. The second-order valence-corrected chi connectivity index (χ2v) is 6.43. The molecule has 1 spiro atoms. The maximum absolute atomic E-state index is 12.6. The number of aromatic nitrogens is 1. The van der Waals surface area contributed by atoms with Gasteiger partial charge in [-0.2, -0.15) is 13.2 Å². The maximum atomic E-state index is 12.6. The molecule has 3 rings (SSSR count). The van der Waals surface area contributed by atoms with E-state index in [1.54, 1.807) is 0 Å². The van der Waals surface area contributed by atoms with E-state index in [1.165, 1.54) is 6.26 Å². The number of aliphatic carboxylic acids is 1. The van der Waals surface area contributed by atoms with Crippen LogP contribution in [-0.2, 0) is 9.53 Å². The molecule has 146 valence electrons. The van der Waals surface area contributed by atoms with E-state index < -0.39 is 12.1 Å². The monoisotopic (exact) mass is 379 g/mol. The Morgan fingerprint density at radius 3 is 2.46 bits per heavy atom. The number of carboxylic acids is 1. The van der Waals surface area contributed by atoms with E-state index in [1.807, 2.05) is 18.7 Å². The molecule has 2 N–H and O–H groups in total. The third-order valence-electron chi connectivity index (χ3n) is 4.05. The average molecular weight is 379 g/mol. The molecule has 11 heteroatoms. The van der Waals surface area contributed by atoms with Crippen molar-refractivity contribution in [3.05, 3.63) is 17.5 Å². The number of nitrogens with zero attached hydrogens (tertiary/aromatic N) is 2. The standard InChI is InChI=1S/C13H19N3O3.C2HF3O2/c1-9(2)11-10(5-19-15-11)12(17)16-3-4-18-13(8-16)6-14-7-13;3-2(4,5)1(6)7/h5,9,14H,3-4,6-8H2,1-2H3;(H,6,7). The van der Waals surface area contributed by atoms with Gasteiger partial charge < -0.3 is 24.6 Å². The number of rotatable bonds is 2. The zero-order chi connectivity index (χ0) is 19.5. The fraction of sp³-hybridized carbons (Fsp3) is 0.667. The number of carbonyl (C=O) groups excluding carboxylic acids is 1. The van der Waals surface area contributed by atoms with Crippen LogP contribution in [0.15, 0.2) is 10.8 Å². The van der Waals surface area contributed by atoms with Gasteiger partial charge in [0, 0.05) is 19.6 Å². The van der Waals surface area contributed by atoms with Crippen LogP contribution in [0.4, 0.5) is 13.2 Å². The van der Waals surface area contributed by atoms with Crippen molar-refractivity contribution in [3.8, 4) is 0 Å². The number of nitrogens with one attached hydrogen (secondary N) is 1. The summed E-state index contributed by atoms with van der Waals surface area (Å²) < 4.78 is 42.5. The summed E-state index contributed by atoms with van der Waals surface area (Å²) in [6.45, 7) is 7.51.